The number of methoxy groups -OCH3 is 2. The van der Waals surface area contributed by atoms with Crippen molar-refractivity contribution in [2.45, 2.75) is 18.9 Å². The lowest BCUT2D eigenvalue weighted by atomic mass is 9.92. The SMILES string of the molecule is COc1cccc(OC)c1CCc1ccccc1C(N=O)c1cccnc1. The van der Waals surface area contributed by atoms with Crippen LogP contribution in [0.1, 0.15) is 28.3 Å². The molecular formula is C22H22N2O3. The number of aromatic nitrogens is 1. The van der Waals surface area contributed by atoms with Crippen LogP contribution in [-0.4, -0.2) is 19.2 Å². The molecule has 2 aromatic carbocycles. The van der Waals surface area contributed by atoms with Crippen LogP contribution in [-0.2, 0) is 12.8 Å². The molecule has 3 aromatic rings. The first-order chi connectivity index (χ1) is 13.3. The molecular weight excluding hydrogens is 340 g/mol. The summed E-state index contributed by atoms with van der Waals surface area (Å²) in [5.74, 6) is 1.59. The van der Waals surface area contributed by atoms with Crippen LogP contribution in [0.5, 0.6) is 11.5 Å². The molecule has 0 fully saturated rings. The van der Waals surface area contributed by atoms with Crippen molar-refractivity contribution in [2.75, 3.05) is 14.2 Å². The average Bonchev–Trinajstić information content (AvgIpc) is 2.74. The van der Waals surface area contributed by atoms with Crippen molar-refractivity contribution in [3.05, 3.63) is 94.2 Å². The second-order valence-corrected chi connectivity index (χ2v) is 6.13. The Morgan fingerprint density at radius 2 is 1.67 bits per heavy atom. The molecule has 1 atom stereocenters. The Labute approximate surface area is 159 Å². The summed E-state index contributed by atoms with van der Waals surface area (Å²) in [6.07, 6.45) is 4.83. The Kier molecular flexibility index (Phi) is 6.15. The molecule has 0 aliphatic heterocycles. The highest BCUT2D eigenvalue weighted by molar-refractivity contribution is 5.46. The van der Waals surface area contributed by atoms with Gasteiger partial charge in [-0.2, -0.15) is 0 Å². The Balaban J connectivity index is 1.91. The normalized spacial score (nSPS) is 11.6. The highest BCUT2D eigenvalue weighted by atomic mass is 16.5. The summed E-state index contributed by atoms with van der Waals surface area (Å²) in [4.78, 5) is 15.7. The van der Waals surface area contributed by atoms with Gasteiger partial charge in [-0.25, -0.2) is 0 Å². The van der Waals surface area contributed by atoms with Crippen LogP contribution in [0.25, 0.3) is 0 Å². The molecule has 0 aliphatic carbocycles. The van der Waals surface area contributed by atoms with Crippen molar-refractivity contribution in [3.8, 4) is 11.5 Å². The molecule has 5 heteroatoms. The molecule has 0 N–H and O–H groups in total. The Hall–Kier alpha value is -3.21. The van der Waals surface area contributed by atoms with Crippen LogP contribution in [0, 0.1) is 4.91 Å². The fourth-order valence-electron chi connectivity index (χ4n) is 3.30. The van der Waals surface area contributed by atoms with E-state index in [0.717, 1.165) is 46.6 Å². The molecule has 3 rings (SSSR count). The van der Waals surface area contributed by atoms with Gasteiger partial charge in [-0.05, 0) is 42.2 Å². The van der Waals surface area contributed by atoms with E-state index in [1.165, 1.54) is 0 Å². The summed E-state index contributed by atoms with van der Waals surface area (Å²) in [5.41, 5.74) is 3.76. The first kappa shape index (κ1) is 18.6. The summed E-state index contributed by atoms with van der Waals surface area (Å²) >= 11 is 0. The van der Waals surface area contributed by atoms with Crippen LogP contribution in [0.3, 0.4) is 0 Å². The van der Waals surface area contributed by atoms with Gasteiger partial charge in [-0.15, -0.1) is 4.91 Å². The van der Waals surface area contributed by atoms with Crippen LogP contribution >= 0.6 is 0 Å². The zero-order valence-corrected chi connectivity index (χ0v) is 15.5. The molecule has 1 heterocycles. The number of hydrogen-bond acceptors (Lipinski definition) is 5. The topological polar surface area (TPSA) is 60.8 Å². The van der Waals surface area contributed by atoms with Gasteiger partial charge < -0.3 is 9.47 Å². The third kappa shape index (κ3) is 4.14. The molecule has 0 spiro atoms. The molecule has 0 saturated carbocycles. The highest BCUT2D eigenvalue weighted by Crippen LogP contribution is 2.32. The van der Waals surface area contributed by atoms with E-state index >= 15 is 0 Å². The Morgan fingerprint density at radius 3 is 2.30 bits per heavy atom. The number of hydrogen-bond donors (Lipinski definition) is 0. The van der Waals surface area contributed by atoms with Gasteiger partial charge in [0.15, 0.2) is 0 Å². The van der Waals surface area contributed by atoms with Crippen molar-refractivity contribution >= 4 is 0 Å². The average molecular weight is 362 g/mol. The van der Waals surface area contributed by atoms with Gasteiger partial charge in [0.2, 0.25) is 0 Å². The largest absolute Gasteiger partial charge is 0.496 e. The van der Waals surface area contributed by atoms with Crippen molar-refractivity contribution in [3.63, 3.8) is 0 Å². The molecule has 1 aromatic heterocycles. The maximum Gasteiger partial charge on any atom is 0.144 e. The molecule has 0 saturated heterocycles. The number of nitrogens with zero attached hydrogens (tertiary/aromatic N) is 2. The minimum absolute atomic E-state index is 0.575. The first-order valence-electron chi connectivity index (χ1n) is 8.78. The van der Waals surface area contributed by atoms with Gasteiger partial charge in [-0.3, -0.25) is 4.98 Å². The van der Waals surface area contributed by atoms with E-state index in [1.807, 2.05) is 54.6 Å². The summed E-state index contributed by atoms with van der Waals surface area (Å²) in [6.45, 7) is 0. The monoisotopic (exact) mass is 362 g/mol. The lowest BCUT2D eigenvalue weighted by Gasteiger charge is -2.16. The minimum atomic E-state index is -0.575. The molecule has 5 nitrogen and oxygen atoms in total. The van der Waals surface area contributed by atoms with Gasteiger partial charge in [0.05, 0.1) is 14.2 Å². The molecule has 0 aliphatic rings. The zero-order valence-electron chi connectivity index (χ0n) is 15.5. The first-order valence-corrected chi connectivity index (χ1v) is 8.78. The van der Waals surface area contributed by atoms with Crippen molar-refractivity contribution in [1.82, 2.24) is 4.98 Å². The van der Waals surface area contributed by atoms with Crippen molar-refractivity contribution in [2.24, 2.45) is 5.18 Å². The predicted molar refractivity (Wildman–Crippen MR) is 105 cm³/mol. The third-order valence-corrected chi connectivity index (χ3v) is 4.63. The standard InChI is InChI=1S/C22H22N2O3/c1-26-20-10-5-11-21(27-2)19(20)13-12-16-7-3-4-9-18(16)22(24-25)17-8-6-14-23-15-17/h3-11,14-15,22H,12-13H2,1-2H3. The lowest BCUT2D eigenvalue weighted by Crippen LogP contribution is -2.05. The minimum Gasteiger partial charge on any atom is -0.496 e. The number of rotatable bonds is 8. The van der Waals surface area contributed by atoms with Crippen LogP contribution in [0.4, 0.5) is 0 Å². The Morgan fingerprint density at radius 1 is 0.926 bits per heavy atom. The number of nitroso groups, excluding NO2 is 1. The van der Waals surface area contributed by atoms with E-state index in [1.54, 1.807) is 26.6 Å². The smallest absolute Gasteiger partial charge is 0.144 e. The molecule has 1 unspecified atom stereocenters. The number of benzene rings is 2. The fourth-order valence-corrected chi connectivity index (χ4v) is 3.30. The fraction of sp³-hybridized carbons (Fsp3) is 0.227. The van der Waals surface area contributed by atoms with Crippen LogP contribution < -0.4 is 9.47 Å². The van der Waals surface area contributed by atoms with Gasteiger partial charge >= 0.3 is 0 Å². The third-order valence-electron chi connectivity index (χ3n) is 4.63. The van der Waals surface area contributed by atoms with E-state index in [-0.39, 0.29) is 0 Å². The quantitative estimate of drug-likeness (QED) is 0.543. The van der Waals surface area contributed by atoms with Gasteiger partial charge in [0, 0.05) is 23.5 Å². The van der Waals surface area contributed by atoms with Gasteiger partial charge in [0.25, 0.3) is 0 Å². The lowest BCUT2D eigenvalue weighted by molar-refractivity contribution is 0.385. The zero-order chi connectivity index (χ0) is 19.1. The van der Waals surface area contributed by atoms with Crippen molar-refractivity contribution in [1.29, 1.82) is 0 Å². The summed E-state index contributed by atoms with van der Waals surface area (Å²) < 4.78 is 11.0. The molecule has 27 heavy (non-hydrogen) atoms. The van der Waals surface area contributed by atoms with E-state index in [2.05, 4.69) is 10.2 Å². The van der Waals surface area contributed by atoms with E-state index in [9.17, 15) is 4.91 Å². The summed E-state index contributed by atoms with van der Waals surface area (Å²) in [5, 5.41) is 3.37. The second kappa shape index (κ2) is 8.94. The number of pyridine rings is 1. The summed E-state index contributed by atoms with van der Waals surface area (Å²) in [7, 11) is 3.31. The predicted octanol–water partition coefficient (Wildman–Crippen LogP) is 4.74. The highest BCUT2D eigenvalue weighted by Gasteiger charge is 2.19. The van der Waals surface area contributed by atoms with E-state index in [4.69, 9.17) is 9.47 Å². The van der Waals surface area contributed by atoms with Gasteiger partial charge in [-0.1, -0.05) is 41.6 Å². The van der Waals surface area contributed by atoms with Gasteiger partial charge in [0.1, 0.15) is 17.5 Å². The molecule has 0 bridgehead atoms. The van der Waals surface area contributed by atoms with Crippen molar-refractivity contribution < 1.29 is 9.47 Å². The molecule has 138 valence electrons. The molecule has 0 amide bonds. The van der Waals surface area contributed by atoms with E-state index < -0.39 is 6.04 Å². The number of ether oxygens (including phenoxy) is 2. The van der Waals surface area contributed by atoms with E-state index in [0.29, 0.717) is 0 Å². The maximum absolute atomic E-state index is 11.6. The Bertz CT molecular complexity index is 875. The second-order valence-electron chi connectivity index (χ2n) is 6.13. The summed E-state index contributed by atoms with van der Waals surface area (Å²) in [6, 6.07) is 16.8. The maximum atomic E-state index is 11.6. The number of aryl methyl sites for hydroxylation is 1. The van der Waals surface area contributed by atoms with Crippen LogP contribution in [0.15, 0.2) is 72.2 Å². The molecule has 0 radical (unpaired) electrons. The van der Waals surface area contributed by atoms with Crippen LogP contribution in [0.2, 0.25) is 0 Å².